The minimum Gasteiger partial charge on any atom is -0.490 e. The lowest BCUT2D eigenvalue weighted by molar-refractivity contribution is 0.297. The van der Waals surface area contributed by atoms with Crippen LogP contribution in [0, 0.1) is 0 Å². The van der Waals surface area contributed by atoms with Gasteiger partial charge in [-0.05, 0) is 29.8 Å². The van der Waals surface area contributed by atoms with Crippen LogP contribution in [0.5, 0.6) is 11.5 Å². The molecule has 5 nitrogen and oxygen atoms in total. The summed E-state index contributed by atoms with van der Waals surface area (Å²) in [7, 11) is 1.74. The number of nitrogens with one attached hydrogen (secondary N) is 2. The summed E-state index contributed by atoms with van der Waals surface area (Å²) in [5.74, 6) is 2.22. The number of guanidine groups is 1. The van der Waals surface area contributed by atoms with Gasteiger partial charge in [-0.15, -0.1) is 0 Å². The third-order valence-corrected chi connectivity index (χ3v) is 3.86. The molecule has 126 valence electrons. The van der Waals surface area contributed by atoms with Gasteiger partial charge in [-0.2, -0.15) is 0 Å². The van der Waals surface area contributed by atoms with Gasteiger partial charge in [0.25, 0.3) is 0 Å². The van der Waals surface area contributed by atoms with Crippen molar-refractivity contribution in [3.05, 3.63) is 53.1 Å². The van der Waals surface area contributed by atoms with Crippen molar-refractivity contribution in [1.29, 1.82) is 0 Å². The smallest absolute Gasteiger partial charge is 0.195 e. The molecular formula is C18H20ClN3O2. The van der Waals surface area contributed by atoms with Gasteiger partial charge < -0.3 is 20.1 Å². The lowest BCUT2D eigenvalue weighted by Crippen LogP contribution is -2.30. The van der Waals surface area contributed by atoms with Gasteiger partial charge in [-0.3, -0.25) is 4.99 Å². The zero-order chi connectivity index (χ0) is 16.8. The summed E-state index contributed by atoms with van der Waals surface area (Å²) in [6.07, 6.45) is 0.891. The maximum Gasteiger partial charge on any atom is 0.195 e. The third kappa shape index (κ3) is 4.32. The number of halogens is 1. The van der Waals surface area contributed by atoms with E-state index in [0.29, 0.717) is 25.7 Å². The first-order chi connectivity index (χ1) is 11.7. The van der Waals surface area contributed by atoms with Crippen LogP contribution in [0.15, 0.2) is 47.5 Å². The van der Waals surface area contributed by atoms with Gasteiger partial charge in [0.1, 0.15) is 0 Å². The molecular weight excluding hydrogens is 326 g/mol. The molecule has 0 spiro atoms. The van der Waals surface area contributed by atoms with E-state index in [1.54, 1.807) is 7.05 Å². The summed E-state index contributed by atoms with van der Waals surface area (Å²) in [4.78, 5) is 4.24. The Morgan fingerprint density at radius 3 is 2.58 bits per heavy atom. The monoisotopic (exact) mass is 345 g/mol. The van der Waals surface area contributed by atoms with Crippen molar-refractivity contribution in [2.45, 2.75) is 13.0 Å². The summed E-state index contributed by atoms with van der Waals surface area (Å²) in [5.41, 5.74) is 2.02. The Hall–Kier alpha value is -2.40. The van der Waals surface area contributed by atoms with Crippen LogP contribution < -0.4 is 20.1 Å². The quantitative estimate of drug-likeness (QED) is 0.658. The van der Waals surface area contributed by atoms with Crippen LogP contribution in [-0.4, -0.2) is 26.2 Å². The number of aliphatic imine (C=N–C) groups is 1. The molecule has 0 atom stereocenters. The fourth-order valence-electron chi connectivity index (χ4n) is 2.34. The van der Waals surface area contributed by atoms with Gasteiger partial charge >= 0.3 is 0 Å². The largest absolute Gasteiger partial charge is 0.490 e. The van der Waals surface area contributed by atoms with Gasteiger partial charge in [0.2, 0.25) is 0 Å². The highest BCUT2D eigenvalue weighted by atomic mass is 35.5. The molecule has 0 bridgehead atoms. The standard InChI is InChI=1S/C18H20ClN3O2/c1-20-18(21-12-13-3-5-14(19)6-4-13)22-15-7-8-16-17(11-15)24-10-2-9-23-16/h3-8,11H,2,9-10,12H2,1H3,(H2,20,21,22). The van der Waals surface area contributed by atoms with E-state index in [0.717, 1.165) is 34.2 Å². The lowest BCUT2D eigenvalue weighted by atomic mass is 10.2. The van der Waals surface area contributed by atoms with Gasteiger partial charge in [-0.1, -0.05) is 23.7 Å². The average molecular weight is 346 g/mol. The number of anilines is 1. The Morgan fingerprint density at radius 1 is 1.08 bits per heavy atom. The van der Waals surface area contributed by atoms with Crippen LogP contribution in [0.1, 0.15) is 12.0 Å². The average Bonchev–Trinajstić information content (AvgIpc) is 2.85. The van der Waals surface area contributed by atoms with Crippen molar-refractivity contribution >= 4 is 23.2 Å². The van der Waals surface area contributed by atoms with E-state index < -0.39 is 0 Å². The Morgan fingerprint density at radius 2 is 1.83 bits per heavy atom. The molecule has 1 heterocycles. The first-order valence-corrected chi connectivity index (χ1v) is 8.24. The molecule has 24 heavy (non-hydrogen) atoms. The summed E-state index contributed by atoms with van der Waals surface area (Å²) in [5, 5.41) is 7.26. The topological polar surface area (TPSA) is 54.9 Å². The van der Waals surface area contributed by atoms with Crippen molar-refractivity contribution in [2.24, 2.45) is 4.99 Å². The summed E-state index contributed by atoms with van der Waals surface area (Å²) < 4.78 is 11.3. The maximum atomic E-state index is 5.90. The van der Waals surface area contributed by atoms with Gasteiger partial charge in [0, 0.05) is 36.8 Å². The molecule has 1 aliphatic heterocycles. The Bertz CT molecular complexity index is 717. The minimum atomic E-state index is 0.654. The number of fused-ring (bicyclic) bond motifs is 1. The van der Waals surface area contributed by atoms with Gasteiger partial charge in [0.05, 0.1) is 13.2 Å². The van der Waals surface area contributed by atoms with E-state index in [1.807, 2.05) is 42.5 Å². The second-order valence-corrected chi connectivity index (χ2v) is 5.83. The molecule has 0 radical (unpaired) electrons. The molecule has 0 fully saturated rings. The maximum absolute atomic E-state index is 5.90. The molecule has 0 aromatic heterocycles. The van der Waals surface area contributed by atoms with E-state index in [9.17, 15) is 0 Å². The van der Waals surface area contributed by atoms with E-state index in [-0.39, 0.29) is 0 Å². The Kier molecular flexibility index (Phi) is 5.43. The molecule has 2 aromatic carbocycles. The number of hydrogen-bond donors (Lipinski definition) is 2. The number of nitrogens with zero attached hydrogens (tertiary/aromatic N) is 1. The van der Waals surface area contributed by atoms with Gasteiger partial charge in [0.15, 0.2) is 17.5 Å². The summed E-state index contributed by atoms with van der Waals surface area (Å²) >= 11 is 5.90. The molecule has 6 heteroatoms. The molecule has 0 amide bonds. The zero-order valence-electron chi connectivity index (χ0n) is 13.5. The number of benzene rings is 2. The molecule has 3 rings (SSSR count). The fourth-order valence-corrected chi connectivity index (χ4v) is 2.47. The zero-order valence-corrected chi connectivity index (χ0v) is 14.3. The second-order valence-electron chi connectivity index (χ2n) is 5.39. The highest BCUT2D eigenvalue weighted by Crippen LogP contribution is 2.32. The third-order valence-electron chi connectivity index (χ3n) is 3.61. The fraction of sp³-hybridized carbons (Fsp3) is 0.278. The van der Waals surface area contributed by atoms with Crippen LogP contribution in [0.3, 0.4) is 0 Å². The first-order valence-electron chi connectivity index (χ1n) is 7.86. The van der Waals surface area contributed by atoms with Crippen molar-refractivity contribution in [2.75, 3.05) is 25.6 Å². The van der Waals surface area contributed by atoms with E-state index in [2.05, 4.69) is 15.6 Å². The predicted molar refractivity (Wildman–Crippen MR) is 97.3 cm³/mol. The number of hydrogen-bond acceptors (Lipinski definition) is 3. The number of rotatable bonds is 3. The summed E-state index contributed by atoms with van der Waals surface area (Å²) in [6, 6.07) is 13.5. The van der Waals surface area contributed by atoms with E-state index in [1.165, 1.54) is 0 Å². The van der Waals surface area contributed by atoms with Crippen LogP contribution in [0.4, 0.5) is 5.69 Å². The van der Waals surface area contributed by atoms with Crippen LogP contribution in [0.2, 0.25) is 5.02 Å². The molecule has 0 saturated carbocycles. The molecule has 0 aliphatic carbocycles. The minimum absolute atomic E-state index is 0.654. The van der Waals surface area contributed by atoms with Crippen LogP contribution in [0.25, 0.3) is 0 Å². The SMILES string of the molecule is CN=C(NCc1ccc(Cl)cc1)Nc1ccc2c(c1)OCCCO2. The molecule has 2 aromatic rings. The van der Waals surface area contributed by atoms with Crippen molar-refractivity contribution in [3.63, 3.8) is 0 Å². The lowest BCUT2D eigenvalue weighted by Gasteiger charge is -2.14. The Balaban J connectivity index is 1.63. The van der Waals surface area contributed by atoms with Gasteiger partial charge in [-0.25, -0.2) is 0 Å². The van der Waals surface area contributed by atoms with E-state index >= 15 is 0 Å². The number of ether oxygens (including phenoxy) is 2. The molecule has 0 unspecified atom stereocenters. The van der Waals surface area contributed by atoms with Crippen LogP contribution >= 0.6 is 11.6 Å². The summed E-state index contributed by atoms with van der Waals surface area (Å²) in [6.45, 7) is 2.01. The molecule has 0 saturated heterocycles. The molecule has 1 aliphatic rings. The van der Waals surface area contributed by atoms with Crippen molar-refractivity contribution in [1.82, 2.24) is 5.32 Å². The molecule has 2 N–H and O–H groups in total. The first kappa shape index (κ1) is 16.5. The van der Waals surface area contributed by atoms with E-state index in [4.69, 9.17) is 21.1 Å². The normalized spacial score (nSPS) is 14.0. The van der Waals surface area contributed by atoms with Crippen LogP contribution in [-0.2, 0) is 6.54 Å². The predicted octanol–water partition coefficient (Wildman–Crippen LogP) is 3.69. The highest BCUT2D eigenvalue weighted by Gasteiger charge is 2.11. The second kappa shape index (κ2) is 7.93. The Labute approximate surface area is 146 Å². The van der Waals surface area contributed by atoms with Crippen molar-refractivity contribution < 1.29 is 9.47 Å². The van der Waals surface area contributed by atoms with Crippen molar-refractivity contribution in [3.8, 4) is 11.5 Å². The highest BCUT2D eigenvalue weighted by molar-refractivity contribution is 6.30.